The van der Waals surface area contributed by atoms with Crippen LogP contribution in [-0.2, 0) is 20.0 Å². The molecule has 0 aliphatic carbocycles. The van der Waals surface area contributed by atoms with Crippen LogP contribution in [0.4, 0.5) is 5.82 Å². The van der Waals surface area contributed by atoms with Gasteiger partial charge in [-0.25, -0.2) is 0 Å². The van der Waals surface area contributed by atoms with Gasteiger partial charge in [-0.15, -0.1) is 5.10 Å². The fraction of sp³-hybridized carbons (Fsp3) is 0.286. The fourth-order valence-corrected chi connectivity index (χ4v) is 3.48. The highest BCUT2D eigenvalue weighted by atomic mass is 16.5. The standard InChI is InChI=1S/C21H23N5O2/c1-25(13-18-11-16-7-3-4-9-19(16)28-18)12-15-6-5-8-17(10-15)21(27)22-20-14-26(2)24-23-20/h3-10,14,18H,11-13H2,1-2H3,(H,22,27)/t18-/m1/s1. The molecule has 0 fully saturated rings. The van der Waals surface area contributed by atoms with Gasteiger partial charge in [0.1, 0.15) is 11.9 Å². The number of hydrogen-bond donors (Lipinski definition) is 1. The average molecular weight is 377 g/mol. The summed E-state index contributed by atoms with van der Waals surface area (Å²) in [4.78, 5) is 14.7. The number of amides is 1. The summed E-state index contributed by atoms with van der Waals surface area (Å²) in [5, 5.41) is 10.5. The Hall–Kier alpha value is -3.19. The molecule has 0 saturated carbocycles. The zero-order chi connectivity index (χ0) is 19.5. The number of nitrogens with one attached hydrogen (secondary N) is 1. The number of ether oxygens (including phenoxy) is 1. The average Bonchev–Trinajstić information content (AvgIpc) is 3.26. The second-order valence-electron chi connectivity index (χ2n) is 7.18. The molecule has 144 valence electrons. The highest BCUT2D eigenvalue weighted by Gasteiger charge is 2.23. The number of para-hydroxylation sites is 1. The predicted octanol–water partition coefficient (Wildman–Crippen LogP) is 2.50. The minimum atomic E-state index is -0.195. The Morgan fingerprint density at radius 1 is 1.29 bits per heavy atom. The third-order valence-electron chi connectivity index (χ3n) is 4.72. The molecule has 7 nitrogen and oxygen atoms in total. The maximum absolute atomic E-state index is 12.4. The van der Waals surface area contributed by atoms with E-state index in [1.165, 1.54) is 5.56 Å². The molecule has 0 bridgehead atoms. The van der Waals surface area contributed by atoms with Crippen LogP contribution in [-0.4, -0.2) is 45.5 Å². The first-order valence-electron chi connectivity index (χ1n) is 9.26. The third-order valence-corrected chi connectivity index (χ3v) is 4.72. The van der Waals surface area contributed by atoms with E-state index in [0.717, 1.165) is 30.8 Å². The van der Waals surface area contributed by atoms with Gasteiger partial charge in [-0.2, -0.15) is 0 Å². The van der Waals surface area contributed by atoms with E-state index < -0.39 is 0 Å². The molecule has 0 radical (unpaired) electrons. The van der Waals surface area contributed by atoms with E-state index in [-0.39, 0.29) is 12.0 Å². The van der Waals surface area contributed by atoms with Gasteiger partial charge in [0.05, 0.1) is 6.20 Å². The highest BCUT2D eigenvalue weighted by molar-refractivity contribution is 6.03. The Balaban J connectivity index is 1.35. The fourth-order valence-electron chi connectivity index (χ4n) is 3.48. The summed E-state index contributed by atoms with van der Waals surface area (Å²) in [6, 6.07) is 15.8. The van der Waals surface area contributed by atoms with Crippen LogP contribution in [0, 0.1) is 0 Å². The van der Waals surface area contributed by atoms with Crippen LogP contribution in [0.15, 0.2) is 54.7 Å². The van der Waals surface area contributed by atoms with Crippen LogP contribution < -0.4 is 10.1 Å². The van der Waals surface area contributed by atoms with E-state index in [9.17, 15) is 4.79 Å². The van der Waals surface area contributed by atoms with Crippen molar-refractivity contribution in [1.29, 1.82) is 0 Å². The molecule has 0 spiro atoms. The molecule has 0 saturated heterocycles. The predicted molar refractivity (Wildman–Crippen MR) is 106 cm³/mol. The van der Waals surface area contributed by atoms with Gasteiger partial charge in [0.15, 0.2) is 5.82 Å². The Morgan fingerprint density at radius 2 is 2.14 bits per heavy atom. The van der Waals surface area contributed by atoms with E-state index in [1.807, 2.05) is 36.4 Å². The Labute approximate surface area is 163 Å². The first-order chi connectivity index (χ1) is 13.6. The Bertz CT molecular complexity index is 959. The van der Waals surface area contributed by atoms with Crippen LogP contribution >= 0.6 is 0 Å². The molecule has 1 atom stereocenters. The topological polar surface area (TPSA) is 72.3 Å². The Morgan fingerprint density at radius 3 is 2.93 bits per heavy atom. The molecule has 2 aromatic carbocycles. The molecular weight excluding hydrogens is 354 g/mol. The van der Waals surface area contributed by atoms with Gasteiger partial charge in [0.25, 0.3) is 5.91 Å². The zero-order valence-corrected chi connectivity index (χ0v) is 16.0. The van der Waals surface area contributed by atoms with E-state index in [2.05, 4.69) is 33.6 Å². The number of likely N-dealkylation sites (N-methyl/N-ethyl adjacent to an activating group) is 1. The largest absolute Gasteiger partial charge is 0.488 e. The summed E-state index contributed by atoms with van der Waals surface area (Å²) in [5.41, 5.74) is 2.94. The van der Waals surface area contributed by atoms with Gasteiger partial charge < -0.3 is 10.1 Å². The van der Waals surface area contributed by atoms with Crippen LogP contribution in [0.5, 0.6) is 5.75 Å². The lowest BCUT2D eigenvalue weighted by molar-refractivity contribution is 0.102. The van der Waals surface area contributed by atoms with Crippen molar-refractivity contribution < 1.29 is 9.53 Å². The maximum Gasteiger partial charge on any atom is 0.256 e. The monoisotopic (exact) mass is 377 g/mol. The van der Waals surface area contributed by atoms with E-state index >= 15 is 0 Å². The highest BCUT2D eigenvalue weighted by Crippen LogP contribution is 2.28. The second kappa shape index (κ2) is 7.82. The number of carbonyl (C=O) groups is 1. The van der Waals surface area contributed by atoms with Gasteiger partial charge in [0.2, 0.25) is 0 Å². The number of aromatic nitrogens is 3. The van der Waals surface area contributed by atoms with Crippen LogP contribution in [0.25, 0.3) is 0 Å². The molecule has 1 amide bonds. The van der Waals surface area contributed by atoms with Crippen molar-refractivity contribution in [2.75, 3.05) is 18.9 Å². The summed E-state index contributed by atoms with van der Waals surface area (Å²) >= 11 is 0. The van der Waals surface area contributed by atoms with Crippen molar-refractivity contribution in [2.45, 2.75) is 19.1 Å². The van der Waals surface area contributed by atoms with E-state index in [0.29, 0.717) is 11.4 Å². The van der Waals surface area contributed by atoms with Crippen molar-refractivity contribution in [1.82, 2.24) is 19.9 Å². The quantitative estimate of drug-likeness (QED) is 0.715. The molecule has 7 heteroatoms. The van der Waals surface area contributed by atoms with Crippen molar-refractivity contribution in [3.63, 3.8) is 0 Å². The SMILES string of the molecule is CN(Cc1cccc(C(=O)Nc2cn(C)nn2)c1)C[C@H]1Cc2ccccc2O1. The number of anilines is 1. The van der Waals surface area contributed by atoms with Crippen LogP contribution in [0.1, 0.15) is 21.5 Å². The maximum atomic E-state index is 12.4. The molecule has 1 aliphatic heterocycles. The first kappa shape index (κ1) is 18.2. The molecule has 1 aromatic heterocycles. The zero-order valence-electron chi connectivity index (χ0n) is 16.0. The van der Waals surface area contributed by atoms with E-state index in [1.54, 1.807) is 24.0 Å². The molecule has 1 aliphatic rings. The van der Waals surface area contributed by atoms with Crippen molar-refractivity contribution >= 4 is 11.7 Å². The van der Waals surface area contributed by atoms with Crippen molar-refractivity contribution in [3.8, 4) is 5.75 Å². The third kappa shape index (κ3) is 4.20. The van der Waals surface area contributed by atoms with Crippen molar-refractivity contribution in [2.24, 2.45) is 7.05 Å². The van der Waals surface area contributed by atoms with Gasteiger partial charge in [-0.05, 0) is 36.4 Å². The molecule has 28 heavy (non-hydrogen) atoms. The summed E-state index contributed by atoms with van der Waals surface area (Å²) in [5.74, 6) is 1.23. The minimum absolute atomic E-state index is 0.158. The molecule has 0 unspecified atom stereocenters. The smallest absolute Gasteiger partial charge is 0.256 e. The summed E-state index contributed by atoms with van der Waals surface area (Å²) in [6.07, 6.45) is 2.75. The lowest BCUT2D eigenvalue weighted by atomic mass is 10.1. The summed E-state index contributed by atoms with van der Waals surface area (Å²) in [7, 11) is 3.82. The Kier molecular flexibility index (Phi) is 5.08. The van der Waals surface area contributed by atoms with E-state index in [4.69, 9.17) is 4.74 Å². The molecule has 2 heterocycles. The lowest BCUT2D eigenvalue weighted by Gasteiger charge is -2.21. The van der Waals surface area contributed by atoms with Gasteiger partial charge in [-0.3, -0.25) is 14.4 Å². The molecule has 4 rings (SSSR count). The molecule has 1 N–H and O–H groups in total. The van der Waals surface area contributed by atoms with Crippen molar-refractivity contribution in [3.05, 3.63) is 71.4 Å². The lowest BCUT2D eigenvalue weighted by Crippen LogP contribution is -2.31. The van der Waals surface area contributed by atoms with Crippen LogP contribution in [0.3, 0.4) is 0 Å². The summed E-state index contributed by atoms with van der Waals surface area (Å²) in [6.45, 7) is 1.56. The molecule has 3 aromatic rings. The number of aryl methyl sites for hydroxylation is 1. The molecular formula is C21H23N5O2. The first-order valence-corrected chi connectivity index (χ1v) is 9.26. The number of carbonyl (C=O) groups excluding carboxylic acids is 1. The van der Waals surface area contributed by atoms with Gasteiger partial charge >= 0.3 is 0 Å². The van der Waals surface area contributed by atoms with Crippen LogP contribution in [0.2, 0.25) is 0 Å². The normalized spacial score (nSPS) is 15.3. The number of rotatable bonds is 6. The number of benzene rings is 2. The number of nitrogens with zero attached hydrogens (tertiary/aromatic N) is 4. The van der Waals surface area contributed by atoms with Gasteiger partial charge in [0, 0.05) is 32.1 Å². The minimum Gasteiger partial charge on any atom is -0.488 e. The number of hydrogen-bond acceptors (Lipinski definition) is 5. The van der Waals surface area contributed by atoms with Gasteiger partial charge in [-0.1, -0.05) is 35.5 Å². The summed E-state index contributed by atoms with van der Waals surface area (Å²) < 4.78 is 7.57. The number of fused-ring (bicyclic) bond motifs is 1. The second-order valence-corrected chi connectivity index (χ2v) is 7.18.